The minimum Gasteiger partial charge on any atom is -0.491 e. The molecule has 0 saturated carbocycles. The molecule has 0 heterocycles. The largest absolute Gasteiger partial charge is 0.491 e. The maximum absolute atomic E-state index is 11.2. The second-order valence-electron chi connectivity index (χ2n) is 4.29. The van der Waals surface area contributed by atoms with Gasteiger partial charge in [0.25, 0.3) is 0 Å². The first-order chi connectivity index (χ1) is 8.21. The van der Waals surface area contributed by atoms with Crippen LogP contribution >= 0.6 is 31.9 Å². The fourth-order valence-corrected chi connectivity index (χ4v) is 3.52. The van der Waals surface area contributed by atoms with E-state index in [-0.39, 0.29) is 4.90 Å². The highest BCUT2D eigenvalue weighted by molar-refractivity contribution is 9.11. The molecule has 0 radical (unpaired) electrons. The van der Waals surface area contributed by atoms with E-state index < -0.39 is 10.0 Å². The van der Waals surface area contributed by atoms with Crippen molar-refractivity contribution in [3.05, 3.63) is 21.1 Å². The van der Waals surface area contributed by atoms with Crippen LogP contribution in [0.3, 0.4) is 0 Å². The fraction of sp³-hybridized carbons (Fsp3) is 0.455. The van der Waals surface area contributed by atoms with Gasteiger partial charge >= 0.3 is 0 Å². The molecule has 0 aliphatic carbocycles. The molecule has 0 spiro atoms. The summed E-state index contributed by atoms with van der Waals surface area (Å²) in [6, 6.07) is 2.87. The molecule has 0 amide bonds. The van der Waals surface area contributed by atoms with Gasteiger partial charge in [0.15, 0.2) is 0 Å². The molecule has 2 N–H and O–H groups in total. The average molecular weight is 401 g/mol. The lowest BCUT2D eigenvalue weighted by molar-refractivity contribution is 0.286. The van der Waals surface area contributed by atoms with E-state index in [4.69, 9.17) is 9.88 Å². The monoisotopic (exact) mass is 399 g/mol. The molecule has 0 saturated heterocycles. The lowest BCUT2D eigenvalue weighted by atomic mass is 10.1. The molecule has 0 bridgehead atoms. The minimum absolute atomic E-state index is 0.0393. The second-order valence-corrected chi connectivity index (χ2v) is 7.56. The van der Waals surface area contributed by atoms with E-state index in [2.05, 4.69) is 45.7 Å². The van der Waals surface area contributed by atoms with Gasteiger partial charge in [0.2, 0.25) is 10.0 Å². The molecule has 1 rings (SSSR count). The maximum atomic E-state index is 11.2. The Morgan fingerprint density at radius 2 is 1.78 bits per heavy atom. The van der Waals surface area contributed by atoms with E-state index in [1.165, 1.54) is 12.1 Å². The number of sulfonamides is 1. The number of nitrogens with two attached hydrogens (primary N) is 1. The fourth-order valence-electron chi connectivity index (χ4n) is 1.24. The van der Waals surface area contributed by atoms with Crippen LogP contribution in [0.15, 0.2) is 26.0 Å². The number of hydrogen-bond donors (Lipinski definition) is 1. The number of hydrogen-bond acceptors (Lipinski definition) is 3. The Morgan fingerprint density at radius 1 is 1.28 bits per heavy atom. The van der Waals surface area contributed by atoms with E-state index in [1.54, 1.807) is 0 Å². The lowest BCUT2D eigenvalue weighted by Crippen LogP contribution is -2.12. The van der Waals surface area contributed by atoms with Crippen LogP contribution in [0.5, 0.6) is 5.75 Å². The van der Waals surface area contributed by atoms with E-state index >= 15 is 0 Å². The van der Waals surface area contributed by atoms with Gasteiger partial charge in [-0.05, 0) is 56.3 Å². The first-order valence-electron chi connectivity index (χ1n) is 5.36. The number of rotatable bonds is 5. The summed E-state index contributed by atoms with van der Waals surface area (Å²) in [7, 11) is -3.71. The van der Waals surface area contributed by atoms with Crippen molar-refractivity contribution in [3.8, 4) is 5.75 Å². The van der Waals surface area contributed by atoms with E-state index in [9.17, 15) is 8.42 Å². The Morgan fingerprint density at radius 3 is 2.17 bits per heavy atom. The van der Waals surface area contributed by atoms with Crippen LogP contribution in [0.1, 0.15) is 20.3 Å². The predicted octanol–water partition coefficient (Wildman–Crippen LogP) is 3.28. The molecule has 1 aromatic rings. The highest BCUT2D eigenvalue weighted by Gasteiger charge is 2.15. The summed E-state index contributed by atoms with van der Waals surface area (Å²) in [4.78, 5) is 0.0393. The van der Waals surface area contributed by atoms with Crippen LogP contribution in [0.4, 0.5) is 0 Å². The summed E-state index contributed by atoms with van der Waals surface area (Å²) in [6.07, 6.45) is 0.926. The third-order valence-corrected chi connectivity index (χ3v) is 4.31. The molecule has 4 nitrogen and oxygen atoms in total. The van der Waals surface area contributed by atoms with Crippen LogP contribution in [0, 0.1) is 5.92 Å². The van der Waals surface area contributed by atoms with Gasteiger partial charge in [-0.3, -0.25) is 0 Å². The van der Waals surface area contributed by atoms with E-state index in [0.29, 0.717) is 27.2 Å². The van der Waals surface area contributed by atoms with Crippen molar-refractivity contribution in [3.63, 3.8) is 0 Å². The zero-order valence-corrected chi connectivity index (χ0v) is 14.1. The van der Waals surface area contributed by atoms with Crippen molar-refractivity contribution in [2.24, 2.45) is 11.1 Å². The van der Waals surface area contributed by atoms with Crippen LogP contribution in [-0.2, 0) is 10.0 Å². The Hall–Kier alpha value is -0.110. The van der Waals surface area contributed by atoms with Crippen molar-refractivity contribution in [2.45, 2.75) is 25.2 Å². The normalized spacial score (nSPS) is 11.9. The molecule has 102 valence electrons. The zero-order valence-electron chi connectivity index (χ0n) is 10.1. The minimum atomic E-state index is -3.71. The molecular formula is C11H15Br2NO3S. The van der Waals surface area contributed by atoms with Crippen LogP contribution in [0.25, 0.3) is 0 Å². The molecule has 0 fully saturated rings. The molecule has 7 heteroatoms. The molecular weight excluding hydrogens is 386 g/mol. The van der Waals surface area contributed by atoms with Crippen molar-refractivity contribution in [1.82, 2.24) is 0 Å². The van der Waals surface area contributed by atoms with Crippen LogP contribution in [0.2, 0.25) is 0 Å². The number of primary sulfonamides is 1. The molecule has 0 unspecified atom stereocenters. The van der Waals surface area contributed by atoms with Crippen molar-refractivity contribution < 1.29 is 13.2 Å². The summed E-state index contributed by atoms with van der Waals surface area (Å²) in [5.74, 6) is 1.13. The van der Waals surface area contributed by atoms with Crippen LogP contribution in [-0.4, -0.2) is 15.0 Å². The topological polar surface area (TPSA) is 69.4 Å². The highest BCUT2D eigenvalue weighted by Crippen LogP contribution is 2.36. The summed E-state index contributed by atoms with van der Waals surface area (Å²) >= 11 is 6.57. The number of ether oxygens (including phenoxy) is 1. The van der Waals surface area contributed by atoms with E-state index in [0.717, 1.165) is 6.42 Å². The summed E-state index contributed by atoms with van der Waals surface area (Å²) in [6.45, 7) is 4.79. The first-order valence-corrected chi connectivity index (χ1v) is 8.49. The van der Waals surface area contributed by atoms with Gasteiger partial charge in [-0.15, -0.1) is 0 Å². The summed E-state index contributed by atoms with van der Waals surface area (Å²) < 4.78 is 29.2. The summed E-state index contributed by atoms with van der Waals surface area (Å²) in [5, 5.41) is 5.07. The third kappa shape index (κ3) is 4.53. The number of benzene rings is 1. The molecule has 1 aromatic carbocycles. The molecule has 0 aromatic heterocycles. The number of halogens is 2. The quantitative estimate of drug-likeness (QED) is 0.824. The van der Waals surface area contributed by atoms with Crippen molar-refractivity contribution >= 4 is 41.9 Å². The van der Waals surface area contributed by atoms with Gasteiger partial charge in [0.05, 0.1) is 20.4 Å². The Kier molecular flexibility index (Phi) is 5.64. The Balaban J connectivity index is 2.95. The zero-order chi connectivity index (χ0) is 13.9. The van der Waals surface area contributed by atoms with Crippen molar-refractivity contribution in [2.75, 3.05) is 6.61 Å². The van der Waals surface area contributed by atoms with Gasteiger partial charge in [0.1, 0.15) is 5.75 Å². The van der Waals surface area contributed by atoms with Gasteiger partial charge in [-0.1, -0.05) is 13.8 Å². The summed E-state index contributed by atoms with van der Waals surface area (Å²) in [5.41, 5.74) is 0. The van der Waals surface area contributed by atoms with Gasteiger partial charge < -0.3 is 4.74 Å². The molecule has 0 atom stereocenters. The third-order valence-electron chi connectivity index (χ3n) is 2.24. The second kappa shape index (κ2) is 6.36. The van der Waals surface area contributed by atoms with Gasteiger partial charge in [-0.25, -0.2) is 13.6 Å². The SMILES string of the molecule is CC(C)CCOc1c(Br)cc(S(N)(=O)=O)cc1Br. The lowest BCUT2D eigenvalue weighted by Gasteiger charge is -2.12. The maximum Gasteiger partial charge on any atom is 0.238 e. The van der Waals surface area contributed by atoms with E-state index in [1.807, 2.05) is 0 Å². The van der Waals surface area contributed by atoms with Crippen LogP contribution < -0.4 is 9.88 Å². The molecule has 18 heavy (non-hydrogen) atoms. The van der Waals surface area contributed by atoms with Gasteiger partial charge in [0, 0.05) is 0 Å². The van der Waals surface area contributed by atoms with Crippen molar-refractivity contribution in [1.29, 1.82) is 0 Å². The Bertz CT molecular complexity index is 506. The van der Waals surface area contributed by atoms with Gasteiger partial charge in [-0.2, -0.15) is 0 Å². The molecule has 0 aliphatic rings. The predicted molar refractivity (Wildman–Crippen MR) is 78.2 cm³/mol. The Labute approximate surface area is 124 Å². The smallest absolute Gasteiger partial charge is 0.238 e. The average Bonchev–Trinajstić information content (AvgIpc) is 2.20. The molecule has 0 aliphatic heterocycles. The highest BCUT2D eigenvalue weighted by atomic mass is 79.9. The first kappa shape index (κ1) is 15.9. The standard InChI is InChI=1S/C11H15Br2NO3S/c1-7(2)3-4-17-11-9(12)5-8(6-10(11)13)18(14,15)16/h5-7H,3-4H2,1-2H3,(H2,14,15,16).